The van der Waals surface area contributed by atoms with Crippen molar-refractivity contribution in [3.8, 4) is 5.82 Å². The van der Waals surface area contributed by atoms with Gasteiger partial charge >= 0.3 is 0 Å². The van der Waals surface area contributed by atoms with Crippen LogP contribution in [0.4, 0.5) is 5.95 Å². The molecule has 0 aliphatic heterocycles. The van der Waals surface area contributed by atoms with Gasteiger partial charge < -0.3 is 4.90 Å². The minimum atomic E-state index is -4.36. The number of rotatable bonds is 7. The van der Waals surface area contributed by atoms with Crippen LogP contribution >= 0.6 is 0 Å². The fourth-order valence-corrected chi connectivity index (χ4v) is 5.46. The number of nitrogens with zero attached hydrogens (tertiary/aromatic N) is 6. The lowest BCUT2D eigenvalue weighted by atomic mass is 9.91. The van der Waals surface area contributed by atoms with E-state index in [1.807, 2.05) is 24.3 Å². The highest BCUT2D eigenvalue weighted by Gasteiger charge is 2.31. The summed E-state index contributed by atoms with van der Waals surface area (Å²) >= 11 is 0. The van der Waals surface area contributed by atoms with Crippen LogP contribution in [-0.2, 0) is 20.1 Å². The first kappa shape index (κ1) is 22.5. The molecule has 2 aromatic heterocycles. The van der Waals surface area contributed by atoms with Gasteiger partial charge in [-0.2, -0.15) is 18.1 Å². The highest BCUT2D eigenvalue weighted by atomic mass is 32.2. The normalized spacial score (nSPS) is 19.8. The second kappa shape index (κ2) is 8.69. The number of sulfonamides is 1. The van der Waals surface area contributed by atoms with Crippen LogP contribution in [0.3, 0.4) is 0 Å². The van der Waals surface area contributed by atoms with Crippen LogP contribution in [0.5, 0.6) is 0 Å². The Bertz CT molecular complexity index is 1320. The van der Waals surface area contributed by atoms with Crippen molar-refractivity contribution in [2.75, 3.05) is 17.0 Å². The predicted molar refractivity (Wildman–Crippen MR) is 117 cm³/mol. The Hall–Kier alpha value is -2.68. The van der Waals surface area contributed by atoms with Gasteiger partial charge in [0.05, 0.1) is 11.8 Å². The van der Waals surface area contributed by atoms with Crippen LogP contribution in [0.25, 0.3) is 16.9 Å². The summed E-state index contributed by atoms with van der Waals surface area (Å²) in [5.74, 6) is -0.153. The Morgan fingerprint density at radius 1 is 1.12 bits per heavy atom. The van der Waals surface area contributed by atoms with E-state index >= 15 is 0 Å². The first-order valence-electron chi connectivity index (χ1n) is 9.92. The van der Waals surface area contributed by atoms with Gasteiger partial charge in [-0.3, -0.25) is 4.55 Å². The Morgan fingerprint density at radius 2 is 1.84 bits per heavy atom. The van der Waals surface area contributed by atoms with Gasteiger partial charge in [0.25, 0.3) is 10.1 Å². The standard InChI is InChI=1S/C18H23N7O5S2/c1-31(26,27)22-13-6-8-14(9-7-13)24(12-32(28,29)30)18-19-11-10-17(20-18)25-16-5-3-2-4-15(16)21-23-25/h2-5,10-11,13-14,22H,6-9,12H2,1H3,(H,28,29,30). The molecule has 0 amide bonds. The maximum absolute atomic E-state index is 11.7. The topological polar surface area (TPSA) is 160 Å². The maximum atomic E-state index is 11.7. The van der Waals surface area contributed by atoms with Crippen LogP contribution in [0.15, 0.2) is 36.5 Å². The number of anilines is 1. The molecule has 32 heavy (non-hydrogen) atoms. The SMILES string of the molecule is CS(=O)(=O)NC1CCC(N(CS(=O)(=O)O)c2nccc(-n3nnc4ccccc43)n2)CC1. The summed E-state index contributed by atoms with van der Waals surface area (Å²) in [5, 5.41) is 8.23. The molecule has 2 heterocycles. The molecule has 4 rings (SSSR count). The van der Waals surface area contributed by atoms with E-state index in [1.165, 1.54) is 15.8 Å². The van der Waals surface area contributed by atoms with E-state index in [0.29, 0.717) is 37.0 Å². The predicted octanol–water partition coefficient (Wildman–Crippen LogP) is 0.723. The monoisotopic (exact) mass is 481 g/mol. The molecule has 12 nitrogen and oxygen atoms in total. The lowest BCUT2D eigenvalue weighted by Crippen LogP contribution is -2.46. The zero-order chi connectivity index (χ0) is 22.9. The largest absolute Gasteiger partial charge is 0.321 e. The summed E-state index contributed by atoms with van der Waals surface area (Å²) in [6.07, 6.45) is 4.64. The van der Waals surface area contributed by atoms with E-state index in [4.69, 9.17) is 0 Å². The molecular weight excluding hydrogens is 458 g/mol. The van der Waals surface area contributed by atoms with Crippen molar-refractivity contribution in [1.82, 2.24) is 29.7 Å². The van der Waals surface area contributed by atoms with E-state index in [1.54, 1.807) is 6.07 Å². The van der Waals surface area contributed by atoms with E-state index in [0.717, 1.165) is 11.8 Å². The number of hydrogen-bond donors (Lipinski definition) is 2. The molecule has 0 atom stereocenters. The average Bonchev–Trinajstić information content (AvgIpc) is 3.15. The third-order valence-corrected chi connectivity index (χ3v) is 6.64. The Morgan fingerprint density at radius 3 is 2.53 bits per heavy atom. The summed E-state index contributed by atoms with van der Waals surface area (Å²) in [6, 6.07) is 8.45. The summed E-state index contributed by atoms with van der Waals surface area (Å²) in [6.45, 7) is 0. The van der Waals surface area contributed by atoms with Crippen molar-refractivity contribution in [2.24, 2.45) is 0 Å². The fourth-order valence-electron chi connectivity index (χ4n) is 3.94. The third-order valence-electron chi connectivity index (χ3n) is 5.27. The number of para-hydroxylation sites is 1. The lowest BCUT2D eigenvalue weighted by Gasteiger charge is -2.36. The third kappa shape index (κ3) is 5.38. The quantitative estimate of drug-likeness (QED) is 0.460. The lowest BCUT2D eigenvalue weighted by molar-refractivity contribution is 0.359. The van der Waals surface area contributed by atoms with E-state index in [9.17, 15) is 21.4 Å². The molecule has 2 N–H and O–H groups in total. The number of nitrogens with one attached hydrogen (secondary N) is 1. The minimum Gasteiger partial charge on any atom is -0.321 e. The van der Waals surface area contributed by atoms with Gasteiger partial charge in [-0.15, -0.1) is 5.10 Å². The number of benzene rings is 1. The summed E-state index contributed by atoms with van der Waals surface area (Å²) in [5.41, 5.74) is 1.41. The highest BCUT2D eigenvalue weighted by Crippen LogP contribution is 2.27. The minimum absolute atomic E-state index is 0.124. The van der Waals surface area contributed by atoms with Crippen molar-refractivity contribution < 1.29 is 21.4 Å². The zero-order valence-corrected chi connectivity index (χ0v) is 18.9. The molecule has 172 valence electrons. The molecular formula is C18H23N7O5S2. The fraction of sp³-hybridized carbons (Fsp3) is 0.444. The first-order valence-corrected chi connectivity index (χ1v) is 13.4. The van der Waals surface area contributed by atoms with E-state index in [-0.39, 0.29) is 18.0 Å². The molecule has 0 radical (unpaired) electrons. The van der Waals surface area contributed by atoms with Crippen LogP contribution < -0.4 is 9.62 Å². The molecule has 0 bridgehead atoms. The molecule has 1 aliphatic carbocycles. The van der Waals surface area contributed by atoms with Crippen molar-refractivity contribution >= 4 is 37.1 Å². The molecule has 1 aromatic carbocycles. The molecule has 0 saturated heterocycles. The average molecular weight is 482 g/mol. The van der Waals surface area contributed by atoms with Crippen LogP contribution in [0, 0.1) is 0 Å². The Balaban J connectivity index is 1.62. The molecule has 1 fully saturated rings. The van der Waals surface area contributed by atoms with Gasteiger partial charge in [-0.05, 0) is 37.8 Å². The smallest absolute Gasteiger partial charge is 0.283 e. The maximum Gasteiger partial charge on any atom is 0.283 e. The number of fused-ring (bicyclic) bond motifs is 1. The van der Waals surface area contributed by atoms with Gasteiger partial charge in [0.15, 0.2) is 5.82 Å². The molecule has 3 aromatic rings. The van der Waals surface area contributed by atoms with Gasteiger partial charge in [-0.1, -0.05) is 17.3 Å². The molecule has 14 heteroatoms. The van der Waals surface area contributed by atoms with Crippen molar-refractivity contribution in [3.05, 3.63) is 36.5 Å². The summed E-state index contributed by atoms with van der Waals surface area (Å²) in [4.78, 5) is 10.2. The van der Waals surface area contributed by atoms with Gasteiger partial charge in [0.2, 0.25) is 16.0 Å². The first-order chi connectivity index (χ1) is 15.1. The van der Waals surface area contributed by atoms with Crippen LogP contribution in [0.2, 0.25) is 0 Å². The van der Waals surface area contributed by atoms with Crippen LogP contribution in [0.1, 0.15) is 25.7 Å². The number of hydrogen-bond acceptors (Lipinski definition) is 9. The zero-order valence-electron chi connectivity index (χ0n) is 17.2. The Labute approximate surface area is 185 Å². The van der Waals surface area contributed by atoms with Crippen molar-refractivity contribution in [1.29, 1.82) is 0 Å². The molecule has 0 spiro atoms. The van der Waals surface area contributed by atoms with Crippen LogP contribution in [-0.4, -0.2) is 70.6 Å². The number of aromatic nitrogens is 5. The highest BCUT2D eigenvalue weighted by molar-refractivity contribution is 7.88. The van der Waals surface area contributed by atoms with E-state index < -0.39 is 26.0 Å². The van der Waals surface area contributed by atoms with Gasteiger partial charge in [-0.25, -0.2) is 18.1 Å². The van der Waals surface area contributed by atoms with Crippen molar-refractivity contribution in [3.63, 3.8) is 0 Å². The Kier molecular flexibility index (Phi) is 6.11. The second-order valence-corrected chi connectivity index (χ2v) is 11.0. The molecule has 1 aliphatic rings. The van der Waals surface area contributed by atoms with E-state index in [2.05, 4.69) is 25.0 Å². The molecule has 1 saturated carbocycles. The van der Waals surface area contributed by atoms with Gasteiger partial charge in [0, 0.05) is 24.3 Å². The summed E-state index contributed by atoms with van der Waals surface area (Å²) in [7, 11) is -7.70. The second-order valence-electron chi connectivity index (χ2n) is 7.78. The summed E-state index contributed by atoms with van der Waals surface area (Å²) < 4.78 is 60.1. The van der Waals surface area contributed by atoms with Gasteiger partial charge in [0.1, 0.15) is 11.4 Å². The van der Waals surface area contributed by atoms with Crippen molar-refractivity contribution in [2.45, 2.75) is 37.8 Å². The molecule has 0 unspecified atom stereocenters.